The number of fused-ring (bicyclic) bond motifs is 1. The van der Waals surface area contributed by atoms with Gasteiger partial charge in [0.2, 0.25) is 0 Å². The molecule has 9 rings (SSSR count). The van der Waals surface area contributed by atoms with Crippen LogP contribution in [-0.2, 0) is 0 Å². The van der Waals surface area contributed by atoms with Crippen molar-refractivity contribution in [1.29, 1.82) is 0 Å². The number of hydrogen-bond acceptors (Lipinski definition) is 2. The molecule has 4 aliphatic carbocycles. The van der Waals surface area contributed by atoms with Crippen LogP contribution in [0.15, 0.2) is 60.7 Å². The molecule has 2 nitrogen and oxygen atoms in total. The fourth-order valence-corrected chi connectivity index (χ4v) is 7.02. The van der Waals surface area contributed by atoms with Crippen molar-refractivity contribution in [2.75, 3.05) is 0 Å². The minimum absolute atomic E-state index is 0.179. The van der Waals surface area contributed by atoms with Gasteiger partial charge in [0.25, 0.3) is 0 Å². The molecule has 0 N–H and O–H groups in total. The zero-order chi connectivity index (χ0) is 20.9. The van der Waals surface area contributed by atoms with Gasteiger partial charge in [0.15, 0.2) is 11.6 Å². The Morgan fingerprint density at radius 2 is 0.969 bits per heavy atom. The zero-order valence-corrected chi connectivity index (χ0v) is 16.9. The molecule has 32 heavy (non-hydrogen) atoms. The van der Waals surface area contributed by atoms with Crippen molar-refractivity contribution >= 4 is 66.8 Å². The van der Waals surface area contributed by atoms with Crippen molar-refractivity contribution < 1.29 is 9.59 Å². The number of rotatable bonds is 0. The number of ketones is 2. The van der Waals surface area contributed by atoms with E-state index in [2.05, 4.69) is 48.6 Å². The third kappa shape index (κ3) is 1.41. The van der Waals surface area contributed by atoms with Crippen LogP contribution in [0.4, 0.5) is 0 Å². The van der Waals surface area contributed by atoms with Gasteiger partial charge in [0.1, 0.15) is 0 Å². The van der Waals surface area contributed by atoms with Crippen molar-refractivity contribution in [2.24, 2.45) is 0 Å². The van der Waals surface area contributed by atoms with Crippen molar-refractivity contribution in [3.8, 4) is 0 Å². The first-order valence-electron chi connectivity index (χ1n) is 11.1. The summed E-state index contributed by atoms with van der Waals surface area (Å²) in [5, 5.41) is 9.01. The highest BCUT2D eigenvalue weighted by Crippen LogP contribution is 2.57. The highest BCUT2D eigenvalue weighted by atomic mass is 16.1. The Morgan fingerprint density at radius 1 is 0.500 bits per heavy atom. The predicted molar refractivity (Wildman–Crippen MR) is 129 cm³/mol. The quantitative estimate of drug-likeness (QED) is 0.207. The summed E-state index contributed by atoms with van der Waals surface area (Å²) in [4.78, 5) is 27.5. The minimum atomic E-state index is -0.267. The standard InChI is InChI=1S/C30H14O2/c31-29-17-5-1-3-15-16-4-2-6-18-24(16)28-26-20(30(18)32)12-10-14-8-7-13-9-11-19(29)25(21(13)22(14)26)27(28)23(15)17/h1-12,19-20H. The first-order valence-corrected chi connectivity index (χ1v) is 11.1. The lowest BCUT2D eigenvalue weighted by Crippen LogP contribution is -2.23. The van der Waals surface area contributed by atoms with Crippen LogP contribution in [0.1, 0.15) is 54.8 Å². The van der Waals surface area contributed by atoms with Crippen LogP contribution in [0, 0.1) is 0 Å². The van der Waals surface area contributed by atoms with Crippen LogP contribution in [-0.4, -0.2) is 11.6 Å². The van der Waals surface area contributed by atoms with Gasteiger partial charge in [-0.05, 0) is 54.6 Å². The molecule has 5 aromatic rings. The van der Waals surface area contributed by atoms with E-state index in [0.717, 1.165) is 54.9 Å². The largest absolute Gasteiger partial charge is 0.293 e. The number of allylic oxidation sites excluding steroid dienone is 2. The molecule has 0 amide bonds. The maximum atomic E-state index is 13.7. The molecule has 0 fully saturated rings. The molecular weight excluding hydrogens is 392 g/mol. The second-order valence-corrected chi connectivity index (χ2v) is 9.43. The molecule has 0 saturated carbocycles. The summed E-state index contributed by atoms with van der Waals surface area (Å²) in [5.41, 5.74) is 6.20. The van der Waals surface area contributed by atoms with Crippen LogP contribution in [0.2, 0.25) is 0 Å². The summed E-state index contributed by atoms with van der Waals surface area (Å²) < 4.78 is 0. The lowest BCUT2D eigenvalue weighted by Gasteiger charge is -2.35. The second kappa shape index (κ2) is 4.73. The molecule has 2 heteroatoms. The maximum absolute atomic E-state index is 13.7. The van der Waals surface area contributed by atoms with Gasteiger partial charge in [-0.15, -0.1) is 0 Å². The first-order chi connectivity index (χ1) is 15.7. The van der Waals surface area contributed by atoms with Crippen LogP contribution < -0.4 is 0 Å². The van der Waals surface area contributed by atoms with Gasteiger partial charge in [-0.3, -0.25) is 9.59 Å². The summed E-state index contributed by atoms with van der Waals surface area (Å²) in [7, 11) is 0. The first kappa shape index (κ1) is 15.7. The van der Waals surface area contributed by atoms with Crippen LogP contribution >= 0.6 is 0 Å². The summed E-state index contributed by atoms with van der Waals surface area (Å²) in [5.74, 6) is -0.176. The van der Waals surface area contributed by atoms with Crippen molar-refractivity contribution in [3.05, 3.63) is 94.1 Å². The van der Waals surface area contributed by atoms with E-state index in [0.29, 0.717) is 0 Å². The number of Topliss-reactive ketones (excluding diaryl/α,β-unsaturated/α-hetero) is 2. The molecule has 0 aromatic heterocycles. The smallest absolute Gasteiger partial charge is 0.174 e. The number of carbonyl (C=O) groups excluding carboxylic acids is 2. The van der Waals surface area contributed by atoms with Gasteiger partial charge in [0, 0.05) is 21.9 Å². The molecule has 0 radical (unpaired) electrons. The van der Waals surface area contributed by atoms with E-state index in [1.807, 2.05) is 24.3 Å². The molecule has 2 atom stereocenters. The van der Waals surface area contributed by atoms with Gasteiger partial charge >= 0.3 is 0 Å². The van der Waals surface area contributed by atoms with Crippen LogP contribution in [0.25, 0.3) is 55.2 Å². The van der Waals surface area contributed by atoms with E-state index in [4.69, 9.17) is 0 Å². The fraction of sp³-hybridized carbons (Fsp3) is 0.0667. The van der Waals surface area contributed by atoms with E-state index in [1.54, 1.807) is 0 Å². The van der Waals surface area contributed by atoms with E-state index < -0.39 is 0 Å². The van der Waals surface area contributed by atoms with E-state index >= 15 is 0 Å². The van der Waals surface area contributed by atoms with Crippen molar-refractivity contribution in [3.63, 3.8) is 0 Å². The van der Waals surface area contributed by atoms with Gasteiger partial charge in [-0.2, -0.15) is 0 Å². The average Bonchev–Trinajstić information content (AvgIpc) is 2.84. The number of hydrogen-bond donors (Lipinski definition) is 0. The van der Waals surface area contributed by atoms with Crippen molar-refractivity contribution in [2.45, 2.75) is 11.8 Å². The normalized spacial score (nSPS) is 21.0. The Bertz CT molecular complexity index is 1780. The van der Waals surface area contributed by atoms with Crippen molar-refractivity contribution in [1.82, 2.24) is 0 Å². The monoisotopic (exact) mass is 406 g/mol. The number of carbonyl (C=O) groups is 2. The molecule has 4 aliphatic rings. The summed E-state index contributed by atoms with van der Waals surface area (Å²) in [6, 6.07) is 16.5. The zero-order valence-electron chi connectivity index (χ0n) is 16.9. The van der Waals surface area contributed by atoms with Gasteiger partial charge in [0.05, 0.1) is 11.8 Å². The van der Waals surface area contributed by atoms with Crippen LogP contribution in [0.5, 0.6) is 0 Å². The minimum Gasteiger partial charge on any atom is -0.293 e. The highest BCUT2D eigenvalue weighted by molar-refractivity contribution is 6.41. The van der Waals surface area contributed by atoms with Gasteiger partial charge < -0.3 is 0 Å². The molecule has 146 valence electrons. The second-order valence-electron chi connectivity index (χ2n) is 9.43. The lowest BCUT2D eigenvalue weighted by atomic mass is 9.66. The molecule has 0 aliphatic heterocycles. The topological polar surface area (TPSA) is 34.1 Å². The summed E-state index contributed by atoms with van der Waals surface area (Å²) in [6.45, 7) is 0. The van der Waals surface area contributed by atoms with E-state index in [-0.39, 0.29) is 23.4 Å². The fourth-order valence-electron chi connectivity index (χ4n) is 7.02. The Labute approximate surface area is 182 Å². The number of benzene rings is 5. The Balaban J connectivity index is 1.79. The highest BCUT2D eigenvalue weighted by Gasteiger charge is 2.41. The molecule has 0 heterocycles. The Hall–Kier alpha value is -4.04. The molecule has 2 unspecified atom stereocenters. The van der Waals surface area contributed by atoms with E-state index in [9.17, 15) is 9.59 Å². The van der Waals surface area contributed by atoms with Gasteiger partial charge in [-0.1, -0.05) is 72.8 Å². The predicted octanol–water partition coefficient (Wildman–Crippen LogP) is 6.91. The summed E-state index contributed by atoms with van der Waals surface area (Å²) >= 11 is 0. The van der Waals surface area contributed by atoms with E-state index in [1.165, 1.54) is 21.5 Å². The molecular formula is C30H14O2. The SMILES string of the molecule is O=C1c2cccc3c4cccc5c4c4c6c7c(ccc8c7c(c4c23)C1C=C8)C=CC6C5=O. The average molecular weight is 406 g/mol. The molecule has 0 saturated heterocycles. The maximum Gasteiger partial charge on any atom is 0.174 e. The van der Waals surface area contributed by atoms with Gasteiger partial charge in [-0.25, -0.2) is 0 Å². The lowest BCUT2D eigenvalue weighted by molar-refractivity contribution is 0.0969. The third-order valence-electron chi connectivity index (χ3n) is 8.17. The summed E-state index contributed by atoms with van der Waals surface area (Å²) in [6.07, 6.45) is 8.35. The molecule has 5 aromatic carbocycles. The Morgan fingerprint density at radius 3 is 1.44 bits per heavy atom. The third-order valence-corrected chi connectivity index (χ3v) is 8.17. The molecule has 0 bridgehead atoms. The molecule has 0 spiro atoms. The Kier molecular flexibility index (Phi) is 2.32. The van der Waals surface area contributed by atoms with Crippen LogP contribution in [0.3, 0.4) is 0 Å².